The van der Waals surface area contributed by atoms with Gasteiger partial charge >= 0.3 is 0 Å². The number of ether oxygens (including phenoxy) is 2. The fourth-order valence-corrected chi connectivity index (χ4v) is 3.11. The molecule has 5 heteroatoms. The third kappa shape index (κ3) is 7.22. The number of hydrogen-bond acceptors (Lipinski definition) is 4. The quantitative estimate of drug-likeness (QED) is 0.715. The molecule has 0 bridgehead atoms. The van der Waals surface area contributed by atoms with Crippen molar-refractivity contribution < 1.29 is 9.47 Å². The molecule has 1 fully saturated rings. The molecule has 0 N–H and O–H groups in total. The van der Waals surface area contributed by atoms with Crippen LogP contribution in [0.4, 0.5) is 0 Å². The third-order valence-corrected chi connectivity index (χ3v) is 3.98. The second-order valence-electron chi connectivity index (χ2n) is 6.30. The summed E-state index contributed by atoms with van der Waals surface area (Å²) in [5.41, 5.74) is 0.647. The van der Waals surface area contributed by atoms with Crippen LogP contribution < -0.4 is 4.74 Å². The number of likely N-dealkylation sites (tertiary alicyclic amines) is 1. The van der Waals surface area contributed by atoms with Crippen molar-refractivity contribution in [1.29, 1.82) is 5.26 Å². The Morgan fingerprint density at radius 2 is 1.74 bits per heavy atom. The molecule has 0 aliphatic carbocycles. The molecule has 4 nitrogen and oxygen atoms in total. The largest absolute Gasteiger partial charge is 0.491 e. The van der Waals surface area contributed by atoms with E-state index in [2.05, 4.69) is 24.8 Å². The number of nitriles is 1. The van der Waals surface area contributed by atoms with Crippen molar-refractivity contribution in [2.45, 2.75) is 20.3 Å². The lowest BCUT2D eigenvalue weighted by molar-refractivity contribution is 0.0595. The van der Waals surface area contributed by atoms with Gasteiger partial charge in [0.1, 0.15) is 12.4 Å². The zero-order valence-corrected chi connectivity index (χ0v) is 14.8. The Morgan fingerprint density at radius 3 is 2.35 bits per heavy atom. The minimum absolute atomic E-state index is 0. The lowest BCUT2D eigenvalue weighted by atomic mass is 9.92. The standard InChI is InChI=1S/C18H26N2O2.ClH/c1-15-11-16(2)14-20(13-15)7-8-21-9-10-22-18-5-3-17(12-19)4-6-18;/h3-6,15-16H,7-11,13-14H2,1-2H3;1H. The molecular formula is C18H27ClN2O2. The maximum absolute atomic E-state index is 8.73. The predicted molar refractivity (Wildman–Crippen MR) is 94.1 cm³/mol. The van der Waals surface area contributed by atoms with Crippen molar-refractivity contribution in [3.8, 4) is 11.8 Å². The molecule has 2 unspecified atom stereocenters. The van der Waals surface area contributed by atoms with Crippen LogP contribution in [-0.4, -0.2) is 44.4 Å². The number of hydrogen-bond donors (Lipinski definition) is 0. The van der Waals surface area contributed by atoms with E-state index in [0.717, 1.165) is 30.7 Å². The van der Waals surface area contributed by atoms with Crippen LogP contribution >= 0.6 is 12.4 Å². The maximum Gasteiger partial charge on any atom is 0.119 e. The molecule has 0 spiro atoms. The zero-order chi connectivity index (χ0) is 15.8. The van der Waals surface area contributed by atoms with E-state index < -0.39 is 0 Å². The molecule has 1 saturated heterocycles. The fraction of sp³-hybridized carbons (Fsp3) is 0.611. The Morgan fingerprint density at radius 1 is 1.09 bits per heavy atom. The second kappa shape index (κ2) is 10.5. The molecule has 1 aromatic rings. The highest BCUT2D eigenvalue weighted by atomic mass is 35.5. The van der Waals surface area contributed by atoms with Crippen molar-refractivity contribution in [3.05, 3.63) is 29.8 Å². The third-order valence-electron chi connectivity index (χ3n) is 3.98. The van der Waals surface area contributed by atoms with E-state index in [-0.39, 0.29) is 12.4 Å². The van der Waals surface area contributed by atoms with Crippen molar-refractivity contribution >= 4 is 12.4 Å². The van der Waals surface area contributed by atoms with Gasteiger partial charge in [0.15, 0.2) is 0 Å². The monoisotopic (exact) mass is 338 g/mol. The summed E-state index contributed by atoms with van der Waals surface area (Å²) < 4.78 is 11.2. The fourth-order valence-electron chi connectivity index (χ4n) is 3.11. The zero-order valence-electron chi connectivity index (χ0n) is 14.0. The Hall–Kier alpha value is -1.28. The van der Waals surface area contributed by atoms with Gasteiger partial charge in [-0.3, -0.25) is 0 Å². The van der Waals surface area contributed by atoms with Gasteiger partial charge in [-0.05, 0) is 42.5 Å². The van der Waals surface area contributed by atoms with E-state index >= 15 is 0 Å². The topological polar surface area (TPSA) is 45.5 Å². The van der Waals surface area contributed by atoms with Crippen LogP contribution in [0.1, 0.15) is 25.8 Å². The molecule has 23 heavy (non-hydrogen) atoms. The molecule has 2 atom stereocenters. The lowest BCUT2D eigenvalue weighted by Gasteiger charge is -2.34. The summed E-state index contributed by atoms with van der Waals surface area (Å²) in [6, 6.07) is 9.24. The first-order valence-corrected chi connectivity index (χ1v) is 8.10. The first-order chi connectivity index (χ1) is 10.7. The Balaban J connectivity index is 0.00000264. The van der Waals surface area contributed by atoms with Gasteiger partial charge in [-0.1, -0.05) is 13.8 Å². The number of nitrogens with zero attached hydrogens (tertiary/aromatic N) is 2. The highest BCUT2D eigenvalue weighted by Crippen LogP contribution is 2.20. The van der Waals surface area contributed by atoms with E-state index in [0.29, 0.717) is 18.8 Å². The summed E-state index contributed by atoms with van der Waals surface area (Å²) in [5, 5.41) is 8.73. The number of halogens is 1. The van der Waals surface area contributed by atoms with E-state index in [4.69, 9.17) is 14.7 Å². The van der Waals surface area contributed by atoms with Gasteiger partial charge in [0.25, 0.3) is 0 Å². The molecule has 1 heterocycles. The summed E-state index contributed by atoms with van der Waals surface area (Å²) >= 11 is 0. The summed E-state index contributed by atoms with van der Waals surface area (Å²) in [5.74, 6) is 2.37. The minimum atomic E-state index is 0. The first-order valence-electron chi connectivity index (χ1n) is 8.10. The smallest absolute Gasteiger partial charge is 0.119 e. The molecule has 1 aliphatic rings. The van der Waals surface area contributed by atoms with Crippen molar-refractivity contribution in [2.24, 2.45) is 11.8 Å². The Kier molecular flexibility index (Phi) is 9.01. The van der Waals surface area contributed by atoms with E-state index in [1.54, 1.807) is 12.1 Å². The van der Waals surface area contributed by atoms with Gasteiger partial charge in [0, 0.05) is 19.6 Å². The highest BCUT2D eigenvalue weighted by molar-refractivity contribution is 5.85. The van der Waals surface area contributed by atoms with Gasteiger partial charge in [0.05, 0.1) is 24.8 Å². The van der Waals surface area contributed by atoms with Gasteiger partial charge in [0.2, 0.25) is 0 Å². The van der Waals surface area contributed by atoms with Gasteiger partial charge in [-0.2, -0.15) is 5.26 Å². The molecule has 0 saturated carbocycles. The normalized spacial score (nSPS) is 21.3. The minimum Gasteiger partial charge on any atom is -0.491 e. The van der Waals surface area contributed by atoms with Crippen molar-refractivity contribution in [1.82, 2.24) is 4.90 Å². The number of rotatable bonds is 7. The van der Waals surface area contributed by atoms with Crippen LogP contribution in [0.25, 0.3) is 0 Å². The number of piperidine rings is 1. The molecule has 0 radical (unpaired) electrons. The highest BCUT2D eigenvalue weighted by Gasteiger charge is 2.20. The number of benzene rings is 1. The van der Waals surface area contributed by atoms with Crippen molar-refractivity contribution in [2.75, 3.05) is 39.5 Å². The van der Waals surface area contributed by atoms with Gasteiger partial charge in [-0.15, -0.1) is 12.4 Å². The Labute approximate surface area is 145 Å². The van der Waals surface area contributed by atoms with Crippen LogP contribution in [-0.2, 0) is 4.74 Å². The van der Waals surface area contributed by atoms with E-state index in [9.17, 15) is 0 Å². The Bertz CT molecular complexity index is 477. The summed E-state index contributed by atoms with van der Waals surface area (Å²) in [6.45, 7) is 9.94. The van der Waals surface area contributed by atoms with Crippen LogP contribution in [0.3, 0.4) is 0 Å². The molecule has 0 amide bonds. The average Bonchev–Trinajstić information content (AvgIpc) is 2.50. The van der Waals surface area contributed by atoms with Crippen LogP contribution in [0.2, 0.25) is 0 Å². The van der Waals surface area contributed by atoms with Gasteiger partial charge < -0.3 is 14.4 Å². The first kappa shape index (κ1) is 19.8. The van der Waals surface area contributed by atoms with Crippen molar-refractivity contribution in [3.63, 3.8) is 0 Å². The summed E-state index contributed by atoms with van der Waals surface area (Å²) in [7, 11) is 0. The average molecular weight is 339 g/mol. The molecule has 1 aromatic carbocycles. The van der Waals surface area contributed by atoms with E-state index in [1.807, 2.05) is 12.1 Å². The van der Waals surface area contributed by atoms with Crippen LogP contribution in [0.5, 0.6) is 5.75 Å². The molecule has 0 aromatic heterocycles. The molecule has 2 rings (SSSR count). The van der Waals surface area contributed by atoms with E-state index in [1.165, 1.54) is 19.5 Å². The SMILES string of the molecule is CC1CC(C)CN(CCOCCOc2ccc(C#N)cc2)C1.Cl. The van der Waals surface area contributed by atoms with Gasteiger partial charge in [-0.25, -0.2) is 0 Å². The lowest BCUT2D eigenvalue weighted by Crippen LogP contribution is -2.40. The maximum atomic E-state index is 8.73. The predicted octanol–water partition coefficient (Wildman–Crippen LogP) is 3.35. The summed E-state index contributed by atoms with van der Waals surface area (Å²) in [6.07, 6.45) is 1.34. The summed E-state index contributed by atoms with van der Waals surface area (Å²) in [4.78, 5) is 2.50. The molecule has 1 aliphatic heterocycles. The van der Waals surface area contributed by atoms with Crippen LogP contribution in [0, 0.1) is 23.2 Å². The molecule has 128 valence electrons. The molecular weight excluding hydrogens is 312 g/mol. The second-order valence-corrected chi connectivity index (χ2v) is 6.30. The van der Waals surface area contributed by atoms with Crippen LogP contribution in [0.15, 0.2) is 24.3 Å².